The monoisotopic (exact) mass is 404 g/mol. The summed E-state index contributed by atoms with van der Waals surface area (Å²) in [6.07, 6.45) is 0. The molecule has 0 aliphatic carbocycles. The SMILES string of the molecule is CN(CC(=O)N1C[C@@H](CN)[C@H](c2ccccc2)C1)c1ccccc1[N+](=O)[O-].Cl. The van der Waals surface area contributed by atoms with E-state index >= 15 is 0 Å². The van der Waals surface area contributed by atoms with Crippen molar-refractivity contribution in [2.24, 2.45) is 11.7 Å². The molecule has 1 amide bonds. The first-order chi connectivity index (χ1) is 13.0. The van der Waals surface area contributed by atoms with E-state index in [9.17, 15) is 14.9 Å². The van der Waals surface area contributed by atoms with Crippen LogP contribution in [0, 0.1) is 16.0 Å². The van der Waals surface area contributed by atoms with E-state index in [1.165, 1.54) is 11.6 Å². The third kappa shape index (κ3) is 4.61. The van der Waals surface area contributed by atoms with Crippen molar-refractivity contribution in [2.75, 3.05) is 38.1 Å². The highest BCUT2D eigenvalue weighted by atomic mass is 35.5. The summed E-state index contributed by atoms with van der Waals surface area (Å²) in [7, 11) is 1.70. The molecule has 1 saturated heterocycles. The highest BCUT2D eigenvalue weighted by molar-refractivity contribution is 5.85. The second kappa shape index (κ2) is 9.52. The Labute approximate surface area is 170 Å². The predicted molar refractivity (Wildman–Crippen MR) is 112 cm³/mol. The molecular formula is C20H25ClN4O3. The number of amides is 1. The number of benzene rings is 2. The summed E-state index contributed by atoms with van der Waals surface area (Å²) < 4.78 is 0. The zero-order valence-corrected chi connectivity index (χ0v) is 16.5. The molecule has 7 nitrogen and oxygen atoms in total. The van der Waals surface area contributed by atoms with E-state index < -0.39 is 4.92 Å². The lowest BCUT2D eigenvalue weighted by Crippen LogP contribution is -2.38. The molecule has 2 aromatic rings. The van der Waals surface area contributed by atoms with Crippen LogP contribution in [0.5, 0.6) is 0 Å². The van der Waals surface area contributed by atoms with Crippen molar-refractivity contribution in [3.8, 4) is 0 Å². The van der Waals surface area contributed by atoms with Gasteiger partial charge in [0, 0.05) is 32.1 Å². The Hall–Kier alpha value is -2.64. The number of hydrogen-bond acceptors (Lipinski definition) is 5. The number of para-hydroxylation sites is 2. The average Bonchev–Trinajstić information content (AvgIpc) is 3.13. The molecule has 150 valence electrons. The van der Waals surface area contributed by atoms with E-state index in [0.29, 0.717) is 25.3 Å². The maximum Gasteiger partial charge on any atom is 0.292 e. The summed E-state index contributed by atoms with van der Waals surface area (Å²) in [6.45, 7) is 1.84. The fraction of sp³-hybridized carbons (Fsp3) is 0.350. The molecule has 8 heteroatoms. The van der Waals surface area contributed by atoms with Crippen molar-refractivity contribution in [3.05, 3.63) is 70.3 Å². The van der Waals surface area contributed by atoms with Crippen LogP contribution in [0.25, 0.3) is 0 Å². The summed E-state index contributed by atoms with van der Waals surface area (Å²) in [5, 5.41) is 11.2. The third-order valence-electron chi connectivity index (χ3n) is 5.19. The number of rotatable bonds is 6. The first-order valence-corrected chi connectivity index (χ1v) is 8.98. The van der Waals surface area contributed by atoms with Gasteiger partial charge in [-0.15, -0.1) is 12.4 Å². The van der Waals surface area contributed by atoms with Crippen LogP contribution in [-0.4, -0.2) is 49.0 Å². The molecule has 0 radical (unpaired) electrons. The number of carbonyl (C=O) groups is 1. The van der Waals surface area contributed by atoms with Crippen LogP contribution in [0.3, 0.4) is 0 Å². The Balaban J connectivity index is 0.00000280. The highest BCUT2D eigenvalue weighted by Gasteiger charge is 2.35. The van der Waals surface area contributed by atoms with E-state index in [1.54, 1.807) is 30.1 Å². The van der Waals surface area contributed by atoms with Crippen LogP contribution in [-0.2, 0) is 4.79 Å². The zero-order chi connectivity index (χ0) is 19.4. The lowest BCUT2D eigenvalue weighted by molar-refractivity contribution is -0.384. The van der Waals surface area contributed by atoms with Crippen LogP contribution in [0.4, 0.5) is 11.4 Å². The van der Waals surface area contributed by atoms with E-state index in [-0.39, 0.29) is 42.4 Å². The van der Waals surface area contributed by atoms with Gasteiger partial charge in [-0.05, 0) is 24.1 Å². The maximum absolute atomic E-state index is 12.8. The second-order valence-electron chi connectivity index (χ2n) is 6.91. The average molecular weight is 405 g/mol. The van der Waals surface area contributed by atoms with Crippen LogP contribution in [0.1, 0.15) is 11.5 Å². The van der Waals surface area contributed by atoms with Crippen molar-refractivity contribution >= 4 is 29.7 Å². The fourth-order valence-corrected chi connectivity index (χ4v) is 3.72. The number of hydrogen-bond donors (Lipinski definition) is 1. The lowest BCUT2D eigenvalue weighted by atomic mass is 9.89. The molecule has 28 heavy (non-hydrogen) atoms. The highest BCUT2D eigenvalue weighted by Crippen LogP contribution is 2.32. The van der Waals surface area contributed by atoms with Gasteiger partial charge < -0.3 is 15.5 Å². The Bertz CT molecular complexity index is 818. The van der Waals surface area contributed by atoms with Crippen molar-refractivity contribution in [1.29, 1.82) is 0 Å². The molecule has 0 unspecified atom stereocenters. The molecule has 2 aromatic carbocycles. The number of halogens is 1. The van der Waals surface area contributed by atoms with Gasteiger partial charge in [0.05, 0.1) is 11.5 Å². The van der Waals surface area contributed by atoms with Gasteiger partial charge >= 0.3 is 0 Å². The number of carbonyl (C=O) groups excluding carboxylic acids is 1. The molecule has 1 fully saturated rings. The van der Waals surface area contributed by atoms with Crippen LogP contribution < -0.4 is 10.6 Å². The molecule has 3 rings (SSSR count). The Morgan fingerprint density at radius 1 is 1.18 bits per heavy atom. The molecule has 0 aromatic heterocycles. The van der Waals surface area contributed by atoms with Crippen molar-refractivity contribution in [2.45, 2.75) is 5.92 Å². The second-order valence-corrected chi connectivity index (χ2v) is 6.91. The standard InChI is InChI=1S/C20H24N4O3.ClH/c1-22(18-9-5-6-10-19(18)24(26)27)14-20(25)23-12-16(11-21)17(13-23)15-7-3-2-4-8-15;/h2-10,16-17H,11-14,21H2,1H3;1H/t16-,17+;/m1./s1. The smallest absolute Gasteiger partial charge is 0.292 e. The zero-order valence-electron chi connectivity index (χ0n) is 15.7. The van der Waals surface area contributed by atoms with Crippen LogP contribution in [0.15, 0.2) is 54.6 Å². The van der Waals surface area contributed by atoms with Gasteiger partial charge in [-0.1, -0.05) is 42.5 Å². The first-order valence-electron chi connectivity index (χ1n) is 8.98. The molecule has 2 atom stereocenters. The van der Waals surface area contributed by atoms with E-state index in [0.717, 1.165) is 0 Å². The normalized spacial score (nSPS) is 18.4. The van der Waals surface area contributed by atoms with Crippen molar-refractivity contribution < 1.29 is 9.72 Å². The number of nitro groups is 1. The molecule has 2 N–H and O–H groups in total. The number of likely N-dealkylation sites (tertiary alicyclic amines) is 1. The largest absolute Gasteiger partial charge is 0.360 e. The molecule has 0 spiro atoms. The summed E-state index contributed by atoms with van der Waals surface area (Å²) in [6, 6.07) is 16.6. The van der Waals surface area contributed by atoms with Crippen molar-refractivity contribution in [1.82, 2.24) is 4.90 Å². The fourth-order valence-electron chi connectivity index (χ4n) is 3.72. The maximum atomic E-state index is 12.8. The van der Waals surface area contributed by atoms with Gasteiger partial charge in [-0.2, -0.15) is 0 Å². The quantitative estimate of drug-likeness (QED) is 0.590. The molecule has 0 bridgehead atoms. The van der Waals surface area contributed by atoms with Crippen LogP contribution >= 0.6 is 12.4 Å². The lowest BCUT2D eigenvalue weighted by Gasteiger charge is -2.23. The Morgan fingerprint density at radius 3 is 2.46 bits per heavy atom. The minimum absolute atomic E-state index is 0. The van der Waals surface area contributed by atoms with Crippen LogP contribution in [0.2, 0.25) is 0 Å². The number of nitro benzene ring substituents is 1. The summed E-state index contributed by atoms with van der Waals surface area (Å²) in [4.78, 5) is 27.1. The van der Waals surface area contributed by atoms with E-state index in [2.05, 4.69) is 12.1 Å². The predicted octanol–water partition coefficient (Wildman–Crippen LogP) is 2.65. The summed E-state index contributed by atoms with van der Waals surface area (Å²) in [5.41, 5.74) is 7.57. The van der Waals surface area contributed by atoms with Gasteiger partial charge in [0.25, 0.3) is 5.69 Å². The minimum atomic E-state index is -0.429. The van der Waals surface area contributed by atoms with Gasteiger partial charge in [0.2, 0.25) is 5.91 Å². The molecule has 1 aliphatic rings. The topological polar surface area (TPSA) is 92.7 Å². The van der Waals surface area contributed by atoms with Gasteiger partial charge in [-0.25, -0.2) is 0 Å². The number of anilines is 1. The van der Waals surface area contributed by atoms with Gasteiger partial charge in [-0.3, -0.25) is 14.9 Å². The van der Waals surface area contributed by atoms with Gasteiger partial charge in [0.1, 0.15) is 5.69 Å². The first kappa shape index (κ1) is 21.7. The number of likely N-dealkylation sites (N-methyl/N-ethyl adjacent to an activating group) is 1. The van der Waals surface area contributed by atoms with E-state index in [1.807, 2.05) is 23.1 Å². The van der Waals surface area contributed by atoms with E-state index in [4.69, 9.17) is 5.73 Å². The Morgan fingerprint density at radius 2 is 1.82 bits per heavy atom. The number of nitrogens with two attached hydrogens (primary N) is 1. The molecule has 0 saturated carbocycles. The van der Waals surface area contributed by atoms with Gasteiger partial charge in [0.15, 0.2) is 0 Å². The molecular weight excluding hydrogens is 380 g/mol. The summed E-state index contributed by atoms with van der Waals surface area (Å²) in [5.74, 6) is 0.386. The number of nitrogens with zero attached hydrogens (tertiary/aromatic N) is 3. The summed E-state index contributed by atoms with van der Waals surface area (Å²) >= 11 is 0. The molecule has 1 aliphatic heterocycles. The Kier molecular flexibility index (Phi) is 7.37. The third-order valence-corrected chi connectivity index (χ3v) is 5.19. The molecule has 1 heterocycles. The van der Waals surface area contributed by atoms with Crippen molar-refractivity contribution in [3.63, 3.8) is 0 Å². The minimum Gasteiger partial charge on any atom is -0.360 e.